The molecule has 0 radical (unpaired) electrons. The van der Waals surface area contributed by atoms with Gasteiger partial charge in [-0.15, -0.1) is 34.4 Å². The summed E-state index contributed by atoms with van der Waals surface area (Å²) in [5.74, 6) is 0.649. The Balaban J connectivity index is 0.000000150. The minimum absolute atomic E-state index is 0. The van der Waals surface area contributed by atoms with Crippen molar-refractivity contribution in [3.63, 3.8) is 0 Å². The van der Waals surface area contributed by atoms with Gasteiger partial charge in [0, 0.05) is 11.8 Å². The van der Waals surface area contributed by atoms with Crippen molar-refractivity contribution in [3.05, 3.63) is 189 Å². The van der Waals surface area contributed by atoms with Crippen molar-refractivity contribution in [2.75, 3.05) is 0 Å². The van der Waals surface area contributed by atoms with Crippen LogP contribution in [0.4, 0.5) is 0 Å². The van der Waals surface area contributed by atoms with E-state index in [0.29, 0.717) is 11.8 Å². The van der Waals surface area contributed by atoms with Crippen molar-refractivity contribution in [3.8, 4) is 22.3 Å². The van der Waals surface area contributed by atoms with E-state index < -0.39 is 0 Å². The van der Waals surface area contributed by atoms with Crippen molar-refractivity contribution in [2.45, 2.75) is 39.5 Å². The monoisotopic (exact) mass is 628 g/mol. The molecule has 206 valence electrons. The maximum absolute atomic E-state index is 3.60. The fourth-order valence-electron chi connectivity index (χ4n) is 6.73. The molecule has 0 nitrogen and oxygen atoms in total. The first-order valence-electron chi connectivity index (χ1n) is 14.9. The first-order valence-corrected chi connectivity index (χ1v) is 14.9. The molecular weight excluding hydrogens is 596 g/mol. The van der Waals surface area contributed by atoms with Crippen LogP contribution in [-0.4, -0.2) is 0 Å². The van der Waals surface area contributed by atoms with E-state index in [1.807, 2.05) is 0 Å². The Labute approximate surface area is 275 Å². The van der Waals surface area contributed by atoms with Gasteiger partial charge in [-0.05, 0) is 44.5 Å². The Hall–Kier alpha value is -3.80. The molecule has 0 heterocycles. The van der Waals surface area contributed by atoms with E-state index in [-0.39, 0.29) is 26.2 Å². The number of hydrogen-bond acceptors (Lipinski definition) is 0. The molecule has 0 saturated heterocycles. The second-order valence-corrected chi connectivity index (χ2v) is 11.9. The Morgan fingerprint density at radius 2 is 0.698 bits per heavy atom. The van der Waals surface area contributed by atoms with Gasteiger partial charge >= 0.3 is 26.2 Å². The van der Waals surface area contributed by atoms with Gasteiger partial charge in [0.05, 0.1) is 0 Å². The van der Waals surface area contributed by atoms with E-state index in [2.05, 4.69) is 161 Å². The van der Waals surface area contributed by atoms with Gasteiger partial charge in [-0.25, -0.2) is 0 Å². The predicted octanol–water partition coefficient (Wildman–Crippen LogP) is 10.9. The summed E-state index contributed by atoms with van der Waals surface area (Å²) in [6.07, 6.45) is 16.0. The van der Waals surface area contributed by atoms with Gasteiger partial charge in [0.2, 0.25) is 0 Å². The summed E-state index contributed by atoms with van der Waals surface area (Å²) in [5.41, 5.74) is 18.7. The summed E-state index contributed by atoms with van der Waals surface area (Å²) < 4.78 is 0. The van der Waals surface area contributed by atoms with E-state index in [0.717, 1.165) is 0 Å². The van der Waals surface area contributed by atoms with E-state index in [9.17, 15) is 0 Å². The molecule has 1 heteroatoms. The summed E-state index contributed by atoms with van der Waals surface area (Å²) >= 11 is 0. The van der Waals surface area contributed by atoms with Crippen molar-refractivity contribution in [2.24, 2.45) is 0 Å². The molecule has 0 bridgehead atoms. The first-order chi connectivity index (χ1) is 20.5. The van der Waals surface area contributed by atoms with Crippen LogP contribution in [0.15, 0.2) is 155 Å². The predicted molar refractivity (Wildman–Crippen MR) is 176 cm³/mol. The minimum atomic E-state index is 0. The van der Waals surface area contributed by atoms with Crippen LogP contribution < -0.4 is 0 Å². The smallest absolute Gasteiger partial charge is 0.177 e. The van der Waals surface area contributed by atoms with Crippen LogP contribution in [0.3, 0.4) is 0 Å². The molecule has 43 heavy (non-hydrogen) atoms. The average molecular weight is 630 g/mol. The fourth-order valence-corrected chi connectivity index (χ4v) is 6.73. The van der Waals surface area contributed by atoms with Crippen LogP contribution in [0.1, 0.15) is 61.8 Å². The van der Waals surface area contributed by atoms with Gasteiger partial charge in [-0.1, -0.05) is 125 Å². The molecule has 4 aliphatic carbocycles. The second-order valence-electron chi connectivity index (χ2n) is 11.9. The minimum Gasteiger partial charge on any atom is -0.177 e. The first kappa shape index (κ1) is 29.3. The molecule has 0 fully saturated rings. The number of rotatable bonds is 2. The molecule has 4 aromatic rings. The Kier molecular flexibility index (Phi) is 8.22. The van der Waals surface area contributed by atoms with E-state index in [1.165, 1.54) is 77.9 Å². The molecule has 4 aliphatic rings. The number of allylic oxidation sites excluding steroid dienone is 12. The molecule has 0 spiro atoms. The third kappa shape index (κ3) is 5.19. The van der Waals surface area contributed by atoms with Crippen LogP contribution >= 0.6 is 0 Å². The van der Waals surface area contributed by atoms with Gasteiger partial charge in [-0.3, -0.25) is 0 Å². The van der Waals surface area contributed by atoms with Gasteiger partial charge in [-0.2, -0.15) is 35.5 Å². The molecule has 0 unspecified atom stereocenters. The Morgan fingerprint density at radius 3 is 0.953 bits per heavy atom. The Bertz CT molecular complexity index is 1680. The standard InChI is InChI=1S/2C21H17.Zr/c2*1-14(2)15-11-12-16(13-15)21-19-9-5-3-7-17(19)18-8-4-6-10-20(18)21;/h2*3-12,21H,1-2H3;/q2*-1;+2. The summed E-state index contributed by atoms with van der Waals surface area (Å²) in [6.45, 7) is 8.58. The zero-order chi connectivity index (χ0) is 28.8. The number of hydrogen-bond donors (Lipinski definition) is 0. The van der Waals surface area contributed by atoms with Gasteiger partial charge in [0.15, 0.2) is 0 Å². The quantitative estimate of drug-likeness (QED) is 0.194. The second kappa shape index (κ2) is 12.1. The van der Waals surface area contributed by atoms with Crippen LogP contribution in [0.25, 0.3) is 22.3 Å². The summed E-state index contributed by atoms with van der Waals surface area (Å²) in [6, 6.07) is 35.0. The van der Waals surface area contributed by atoms with Crippen LogP contribution in [0.5, 0.6) is 0 Å². The summed E-state index contributed by atoms with van der Waals surface area (Å²) in [7, 11) is 0. The van der Waals surface area contributed by atoms with Gasteiger partial charge in [0.25, 0.3) is 0 Å². The van der Waals surface area contributed by atoms with Crippen LogP contribution in [-0.2, 0) is 26.2 Å². The molecular formula is C42H34Zr. The number of fused-ring (bicyclic) bond motifs is 6. The topological polar surface area (TPSA) is 0 Å². The molecule has 8 rings (SSSR count). The molecule has 0 aliphatic heterocycles. The van der Waals surface area contributed by atoms with E-state index >= 15 is 0 Å². The molecule has 0 aromatic heterocycles. The van der Waals surface area contributed by atoms with Gasteiger partial charge < -0.3 is 0 Å². The van der Waals surface area contributed by atoms with Crippen molar-refractivity contribution < 1.29 is 26.2 Å². The third-order valence-electron chi connectivity index (χ3n) is 8.78. The SMILES string of the molecule is CC(C)=C1[C-]=C(C2c3ccccc3-c3ccccc32)C=C1.CC(C)=C1[C-]=C(C2c3ccccc3-c3ccccc32)C=C1.[Zr+2]. The van der Waals surface area contributed by atoms with Crippen LogP contribution in [0, 0.1) is 12.2 Å². The van der Waals surface area contributed by atoms with Gasteiger partial charge in [0.1, 0.15) is 0 Å². The number of benzene rings is 4. The summed E-state index contributed by atoms with van der Waals surface area (Å²) in [5, 5.41) is 0. The average Bonchev–Trinajstić information content (AvgIpc) is 3.80. The zero-order valence-corrected chi connectivity index (χ0v) is 27.7. The Morgan fingerprint density at radius 1 is 0.419 bits per heavy atom. The third-order valence-corrected chi connectivity index (χ3v) is 8.78. The molecule has 0 saturated carbocycles. The van der Waals surface area contributed by atoms with Crippen molar-refractivity contribution >= 4 is 0 Å². The normalized spacial score (nSPS) is 15.5. The fraction of sp³-hybridized carbons (Fsp3) is 0.143. The maximum atomic E-state index is 3.60. The van der Waals surface area contributed by atoms with Crippen LogP contribution in [0.2, 0.25) is 0 Å². The van der Waals surface area contributed by atoms with Crippen molar-refractivity contribution in [1.82, 2.24) is 0 Å². The molecule has 0 N–H and O–H groups in total. The molecule has 0 amide bonds. The maximum Gasteiger partial charge on any atom is 2.00 e. The van der Waals surface area contributed by atoms with E-state index in [1.54, 1.807) is 0 Å². The molecule has 0 atom stereocenters. The largest absolute Gasteiger partial charge is 2.00 e. The van der Waals surface area contributed by atoms with Crippen molar-refractivity contribution in [1.29, 1.82) is 0 Å². The molecule has 4 aromatic carbocycles. The zero-order valence-electron chi connectivity index (χ0n) is 25.2. The van der Waals surface area contributed by atoms with E-state index in [4.69, 9.17) is 0 Å². The summed E-state index contributed by atoms with van der Waals surface area (Å²) in [4.78, 5) is 0.